The summed E-state index contributed by atoms with van der Waals surface area (Å²) in [6, 6.07) is 6.98. The maximum atomic E-state index is 12.6. The summed E-state index contributed by atoms with van der Waals surface area (Å²) in [6.07, 6.45) is 8.76. The van der Waals surface area contributed by atoms with E-state index in [-0.39, 0.29) is 29.6 Å². The topological polar surface area (TPSA) is 84.3 Å². The number of imidazole rings is 1. The highest BCUT2D eigenvalue weighted by atomic mass is 16.2. The van der Waals surface area contributed by atoms with Gasteiger partial charge in [0.1, 0.15) is 6.04 Å². The Morgan fingerprint density at radius 2 is 1.79 bits per heavy atom. The number of hydrogen-bond donors (Lipinski definition) is 1. The summed E-state index contributed by atoms with van der Waals surface area (Å²) in [7, 11) is 0. The largest absolute Gasteiger partial charge is 0.350 e. The van der Waals surface area contributed by atoms with Gasteiger partial charge < -0.3 is 9.88 Å². The average Bonchev–Trinajstić information content (AvgIpc) is 3.34. The number of carbonyl (C=O) groups excluding carboxylic acids is 3. The number of nitrogens with zero attached hydrogens (tertiary/aromatic N) is 3. The third-order valence-electron chi connectivity index (χ3n) is 5.85. The summed E-state index contributed by atoms with van der Waals surface area (Å²) in [5.74, 6) is -1.12. The second kappa shape index (κ2) is 7.58. The minimum absolute atomic E-state index is 0.179. The monoisotopic (exact) mass is 380 g/mol. The van der Waals surface area contributed by atoms with Crippen molar-refractivity contribution in [2.75, 3.05) is 0 Å². The highest BCUT2D eigenvalue weighted by molar-refractivity contribution is 6.08. The van der Waals surface area contributed by atoms with E-state index in [0.717, 1.165) is 36.9 Å². The van der Waals surface area contributed by atoms with Gasteiger partial charge in [0.05, 0.1) is 18.2 Å². The maximum absolute atomic E-state index is 12.6. The third-order valence-corrected chi connectivity index (χ3v) is 5.85. The third kappa shape index (κ3) is 3.32. The second-order valence-electron chi connectivity index (χ2n) is 7.57. The van der Waals surface area contributed by atoms with Gasteiger partial charge in [-0.3, -0.25) is 19.3 Å². The van der Waals surface area contributed by atoms with Gasteiger partial charge in [-0.25, -0.2) is 4.98 Å². The Morgan fingerprint density at radius 3 is 2.36 bits per heavy atom. The standard InChI is InChI=1S/C21H24N4O3/c1-14(25-20(27)17-4-2-3-5-18(17)21(25)28)19(26)23-12-15-6-8-16(9-7-15)24-11-10-22-13-24/h6-11,13-14,17-18H,2-5,12H2,1H3,(H,23,26). The van der Waals surface area contributed by atoms with Crippen molar-refractivity contribution in [3.8, 4) is 5.69 Å². The summed E-state index contributed by atoms with van der Waals surface area (Å²) in [6.45, 7) is 1.97. The van der Waals surface area contributed by atoms with Crippen LogP contribution < -0.4 is 5.32 Å². The molecule has 3 atom stereocenters. The van der Waals surface area contributed by atoms with E-state index in [9.17, 15) is 14.4 Å². The predicted octanol–water partition coefficient (Wildman–Crippen LogP) is 2.05. The molecule has 1 aliphatic heterocycles. The molecule has 7 heteroatoms. The number of nitrogens with one attached hydrogen (secondary N) is 1. The lowest BCUT2D eigenvalue weighted by Crippen LogP contribution is -2.48. The van der Waals surface area contributed by atoms with Gasteiger partial charge in [0, 0.05) is 24.6 Å². The van der Waals surface area contributed by atoms with Gasteiger partial charge in [0.15, 0.2) is 0 Å². The Bertz CT molecular complexity index is 852. The number of benzene rings is 1. The van der Waals surface area contributed by atoms with Crippen LogP contribution in [0.5, 0.6) is 0 Å². The first kappa shape index (κ1) is 18.4. The fraction of sp³-hybridized carbons (Fsp3) is 0.429. The van der Waals surface area contributed by atoms with Crippen molar-refractivity contribution in [1.82, 2.24) is 19.8 Å². The molecule has 3 unspecified atom stereocenters. The number of hydrogen-bond acceptors (Lipinski definition) is 4. The molecular weight excluding hydrogens is 356 g/mol. The van der Waals surface area contributed by atoms with E-state index in [4.69, 9.17) is 0 Å². The summed E-state index contributed by atoms with van der Waals surface area (Å²) < 4.78 is 1.90. The first-order valence-electron chi connectivity index (χ1n) is 9.78. The number of amides is 3. The van der Waals surface area contributed by atoms with Gasteiger partial charge >= 0.3 is 0 Å². The molecule has 2 aliphatic rings. The molecule has 7 nitrogen and oxygen atoms in total. The van der Waals surface area contributed by atoms with Crippen LogP contribution in [0.2, 0.25) is 0 Å². The van der Waals surface area contributed by atoms with Gasteiger partial charge in [0.25, 0.3) is 0 Å². The molecule has 146 valence electrons. The molecule has 2 fully saturated rings. The fourth-order valence-corrected chi connectivity index (χ4v) is 4.22. The van der Waals surface area contributed by atoms with Crippen LogP contribution >= 0.6 is 0 Å². The molecule has 4 rings (SSSR count). The van der Waals surface area contributed by atoms with Crippen LogP contribution in [0.15, 0.2) is 43.0 Å². The van der Waals surface area contributed by atoms with E-state index in [1.54, 1.807) is 19.4 Å². The van der Waals surface area contributed by atoms with Crippen LogP contribution in [0.4, 0.5) is 0 Å². The van der Waals surface area contributed by atoms with E-state index in [1.807, 2.05) is 35.0 Å². The number of rotatable bonds is 5. The van der Waals surface area contributed by atoms with Crippen LogP contribution in [0, 0.1) is 11.8 Å². The van der Waals surface area contributed by atoms with Crippen LogP contribution in [-0.2, 0) is 20.9 Å². The number of fused-ring (bicyclic) bond motifs is 1. The molecule has 1 saturated heterocycles. The first-order chi connectivity index (χ1) is 13.6. The summed E-state index contributed by atoms with van der Waals surface area (Å²) in [5.41, 5.74) is 1.92. The van der Waals surface area contributed by atoms with Gasteiger partial charge in [-0.05, 0) is 37.5 Å². The van der Waals surface area contributed by atoms with Crippen LogP contribution in [-0.4, -0.2) is 38.2 Å². The quantitative estimate of drug-likeness (QED) is 0.805. The first-order valence-corrected chi connectivity index (χ1v) is 9.78. The number of likely N-dealkylation sites (tertiary alicyclic amines) is 1. The molecule has 0 radical (unpaired) electrons. The van der Waals surface area contributed by atoms with Crippen LogP contribution in [0.3, 0.4) is 0 Å². The molecule has 1 aromatic heterocycles. The lowest BCUT2D eigenvalue weighted by molar-refractivity contribution is -0.147. The highest BCUT2D eigenvalue weighted by Gasteiger charge is 2.50. The minimum Gasteiger partial charge on any atom is -0.350 e. The van der Waals surface area contributed by atoms with E-state index in [1.165, 1.54) is 4.90 Å². The van der Waals surface area contributed by atoms with Crippen molar-refractivity contribution in [1.29, 1.82) is 0 Å². The van der Waals surface area contributed by atoms with Gasteiger partial charge in [0.2, 0.25) is 17.7 Å². The van der Waals surface area contributed by atoms with Crippen molar-refractivity contribution >= 4 is 17.7 Å². The van der Waals surface area contributed by atoms with Crippen molar-refractivity contribution in [3.05, 3.63) is 48.5 Å². The van der Waals surface area contributed by atoms with Gasteiger partial charge in [-0.1, -0.05) is 25.0 Å². The lowest BCUT2D eigenvalue weighted by atomic mass is 9.81. The number of imide groups is 1. The van der Waals surface area contributed by atoms with Crippen LogP contribution in [0.1, 0.15) is 38.2 Å². The summed E-state index contributed by atoms with van der Waals surface area (Å²) in [5, 5.41) is 2.85. The zero-order valence-corrected chi connectivity index (χ0v) is 15.9. The molecule has 0 bridgehead atoms. The van der Waals surface area contributed by atoms with Gasteiger partial charge in [-0.2, -0.15) is 0 Å². The molecule has 2 heterocycles. The Balaban J connectivity index is 1.37. The maximum Gasteiger partial charge on any atom is 0.243 e. The fourth-order valence-electron chi connectivity index (χ4n) is 4.22. The van der Waals surface area contributed by atoms with E-state index < -0.39 is 6.04 Å². The van der Waals surface area contributed by atoms with Crippen molar-refractivity contribution in [3.63, 3.8) is 0 Å². The zero-order chi connectivity index (χ0) is 19.7. The SMILES string of the molecule is CC(C(=O)NCc1ccc(-n2ccnc2)cc1)N1C(=O)C2CCCCC2C1=O. The van der Waals surface area contributed by atoms with Crippen LogP contribution in [0.25, 0.3) is 5.69 Å². The van der Waals surface area contributed by atoms with E-state index in [0.29, 0.717) is 6.54 Å². The molecule has 28 heavy (non-hydrogen) atoms. The Hall–Kier alpha value is -2.96. The van der Waals surface area contributed by atoms with Crippen molar-refractivity contribution in [2.45, 2.75) is 45.2 Å². The molecule has 1 saturated carbocycles. The molecule has 1 aromatic carbocycles. The van der Waals surface area contributed by atoms with E-state index >= 15 is 0 Å². The van der Waals surface area contributed by atoms with Gasteiger partial charge in [-0.15, -0.1) is 0 Å². The normalized spacial score (nSPS) is 22.8. The smallest absolute Gasteiger partial charge is 0.243 e. The molecule has 1 N–H and O–H groups in total. The Morgan fingerprint density at radius 1 is 1.14 bits per heavy atom. The second-order valence-corrected chi connectivity index (χ2v) is 7.57. The average molecular weight is 380 g/mol. The molecule has 2 aromatic rings. The van der Waals surface area contributed by atoms with Crippen molar-refractivity contribution in [2.24, 2.45) is 11.8 Å². The summed E-state index contributed by atoms with van der Waals surface area (Å²) >= 11 is 0. The molecular formula is C21H24N4O3. The number of aromatic nitrogens is 2. The predicted molar refractivity (Wildman–Crippen MR) is 102 cm³/mol. The van der Waals surface area contributed by atoms with Crippen molar-refractivity contribution < 1.29 is 14.4 Å². The zero-order valence-electron chi connectivity index (χ0n) is 15.9. The van der Waals surface area contributed by atoms with E-state index in [2.05, 4.69) is 10.3 Å². The molecule has 3 amide bonds. The highest BCUT2D eigenvalue weighted by Crippen LogP contribution is 2.38. The Kier molecular flexibility index (Phi) is 4.98. The molecule has 0 spiro atoms. The molecule has 1 aliphatic carbocycles. The minimum atomic E-state index is -0.782. The summed E-state index contributed by atoms with van der Waals surface area (Å²) in [4.78, 5) is 43.1. The lowest BCUT2D eigenvalue weighted by Gasteiger charge is -2.22. The number of carbonyl (C=O) groups is 3. The Labute approximate surface area is 163 Å².